The largest absolute Gasteiger partial charge is 0.350 e. The molecule has 0 spiro atoms. The number of benzene rings is 2. The molecule has 0 saturated heterocycles. The van der Waals surface area contributed by atoms with Crippen molar-refractivity contribution >= 4 is 34.0 Å². The molecule has 3 rings (SSSR count). The minimum Gasteiger partial charge on any atom is -0.350 e. The average molecular weight is 424 g/mol. The van der Waals surface area contributed by atoms with Gasteiger partial charge in [0.05, 0.1) is 10.6 Å². The summed E-state index contributed by atoms with van der Waals surface area (Å²) in [6, 6.07) is 11.3. The van der Waals surface area contributed by atoms with Crippen molar-refractivity contribution in [2.45, 2.75) is 37.6 Å². The second-order valence-electron chi connectivity index (χ2n) is 7.09. The Hall–Kier alpha value is -2.09. The van der Waals surface area contributed by atoms with Crippen LogP contribution in [0.15, 0.2) is 47.4 Å². The van der Waals surface area contributed by atoms with E-state index in [9.17, 15) is 13.2 Å². The summed E-state index contributed by atoms with van der Waals surface area (Å²) >= 11 is 0. The molecule has 0 heterocycles. The molecule has 0 bridgehead atoms. The highest BCUT2D eigenvalue weighted by Gasteiger charge is 2.28. The van der Waals surface area contributed by atoms with Gasteiger partial charge in [-0.2, -0.15) is 0 Å². The molecule has 2 aromatic rings. The summed E-state index contributed by atoms with van der Waals surface area (Å²) in [4.78, 5) is 12.3. The van der Waals surface area contributed by atoms with Crippen LogP contribution in [0.5, 0.6) is 0 Å². The number of sulfonamides is 1. The number of halogens is 1. The Morgan fingerprint density at radius 3 is 2.39 bits per heavy atom. The summed E-state index contributed by atoms with van der Waals surface area (Å²) in [5, 5.41) is 2.80. The third-order valence-corrected chi connectivity index (χ3v) is 6.38. The smallest absolute Gasteiger partial charge is 0.261 e. The second-order valence-corrected chi connectivity index (χ2v) is 8.77. The topological polar surface area (TPSA) is 101 Å². The van der Waals surface area contributed by atoms with Crippen molar-refractivity contribution < 1.29 is 13.2 Å². The minimum absolute atomic E-state index is 0. The standard InChI is InChI=1S/C20H25N3O3S.ClH/c1-13-4-3-5-19(14(13)2)23-27(25,26)17-10-8-16(9-11-17)20(24)22-12-18(21)15-6-7-15;/h3-5,8-11,15,18,23H,6-7,12,21H2,1-2H3,(H,22,24);1H. The molecule has 152 valence electrons. The van der Waals surface area contributed by atoms with E-state index in [0.717, 1.165) is 24.0 Å². The van der Waals surface area contributed by atoms with Gasteiger partial charge in [-0.05, 0) is 74.1 Å². The summed E-state index contributed by atoms with van der Waals surface area (Å²) < 4.78 is 27.8. The highest BCUT2D eigenvalue weighted by Crippen LogP contribution is 2.31. The first kappa shape index (κ1) is 22.2. The number of nitrogens with one attached hydrogen (secondary N) is 2. The van der Waals surface area contributed by atoms with Gasteiger partial charge in [0.15, 0.2) is 0 Å². The first-order valence-corrected chi connectivity index (χ1v) is 10.5. The fourth-order valence-corrected chi connectivity index (χ4v) is 3.98. The van der Waals surface area contributed by atoms with Crippen molar-refractivity contribution in [2.75, 3.05) is 11.3 Å². The van der Waals surface area contributed by atoms with Crippen LogP contribution in [0.25, 0.3) is 0 Å². The van der Waals surface area contributed by atoms with Gasteiger partial charge in [-0.1, -0.05) is 12.1 Å². The molecule has 1 unspecified atom stereocenters. The van der Waals surface area contributed by atoms with Crippen LogP contribution >= 0.6 is 12.4 Å². The van der Waals surface area contributed by atoms with E-state index in [-0.39, 0.29) is 29.3 Å². The molecular weight excluding hydrogens is 398 g/mol. The van der Waals surface area contributed by atoms with E-state index in [1.54, 1.807) is 12.1 Å². The molecule has 2 aromatic carbocycles. The molecule has 4 N–H and O–H groups in total. The number of nitrogens with two attached hydrogens (primary N) is 1. The van der Waals surface area contributed by atoms with Crippen LogP contribution < -0.4 is 15.8 Å². The molecule has 1 aliphatic rings. The van der Waals surface area contributed by atoms with Crippen LogP contribution in [0.1, 0.15) is 34.3 Å². The lowest BCUT2D eigenvalue weighted by Gasteiger charge is -2.13. The van der Waals surface area contributed by atoms with E-state index in [0.29, 0.717) is 23.7 Å². The Morgan fingerprint density at radius 1 is 1.14 bits per heavy atom. The fourth-order valence-electron chi connectivity index (χ4n) is 2.85. The number of carbonyl (C=O) groups is 1. The van der Waals surface area contributed by atoms with Gasteiger partial charge >= 0.3 is 0 Å². The maximum absolute atomic E-state index is 12.6. The number of aryl methyl sites for hydroxylation is 1. The van der Waals surface area contributed by atoms with Gasteiger partial charge < -0.3 is 11.1 Å². The molecule has 0 aliphatic heterocycles. The molecule has 6 nitrogen and oxygen atoms in total. The number of hydrogen-bond acceptors (Lipinski definition) is 4. The van der Waals surface area contributed by atoms with Gasteiger partial charge in [0.1, 0.15) is 0 Å². The van der Waals surface area contributed by atoms with Crippen LogP contribution in [-0.2, 0) is 10.0 Å². The van der Waals surface area contributed by atoms with E-state index in [1.165, 1.54) is 24.3 Å². The fraction of sp³-hybridized carbons (Fsp3) is 0.350. The van der Waals surface area contributed by atoms with Crippen molar-refractivity contribution in [1.29, 1.82) is 0 Å². The molecule has 1 atom stereocenters. The van der Waals surface area contributed by atoms with Crippen molar-refractivity contribution in [3.05, 3.63) is 59.2 Å². The SMILES string of the molecule is Cc1cccc(NS(=O)(=O)c2ccc(C(=O)NCC(N)C3CC3)cc2)c1C.Cl. The van der Waals surface area contributed by atoms with Crippen molar-refractivity contribution in [3.8, 4) is 0 Å². The van der Waals surface area contributed by atoms with Gasteiger partial charge in [0.25, 0.3) is 15.9 Å². The Balaban J connectivity index is 0.00000280. The van der Waals surface area contributed by atoms with Crippen molar-refractivity contribution in [2.24, 2.45) is 11.7 Å². The van der Waals surface area contributed by atoms with Crippen molar-refractivity contribution in [1.82, 2.24) is 5.32 Å². The van der Waals surface area contributed by atoms with Gasteiger partial charge in [0, 0.05) is 18.2 Å². The predicted molar refractivity (Wildman–Crippen MR) is 113 cm³/mol. The van der Waals surface area contributed by atoms with Crippen molar-refractivity contribution in [3.63, 3.8) is 0 Å². The van der Waals surface area contributed by atoms with Crippen LogP contribution in [0, 0.1) is 19.8 Å². The first-order chi connectivity index (χ1) is 12.8. The zero-order valence-electron chi connectivity index (χ0n) is 15.9. The van der Waals surface area contributed by atoms with Crippen LogP contribution in [0.4, 0.5) is 5.69 Å². The minimum atomic E-state index is -3.73. The van der Waals surface area contributed by atoms with Gasteiger partial charge in [0.2, 0.25) is 0 Å². The van der Waals surface area contributed by atoms with E-state index >= 15 is 0 Å². The molecule has 28 heavy (non-hydrogen) atoms. The molecule has 8 heteroatoms. The molecular formula is C20H26ClN3O3S. The maximum atomic E-state index is 12.6. The van der Waals surface area contributed by atoms with Gasteiger partial charge in [-0.25, -0.2) is 8.42 Å². The van der Waals surface area contributed by atoms with Gasteiger partial charge in [-0.15, -0.1) is 12.4 Å². The van der Waals surface area contributed by atoms with Crippen LogP contribution in [-0.4, -0.2) is 26.9 Å². The normalized spacial score (nSPS) is 14.7. The lowest BCUT2D eigenvalue weighted by atomic mass is 10.1. The number of anilines is 1. The number of rotatable bonds is 7. The highest BCUT2D eigenvalue weighted by molar-refractivity contribution is 7.92. The van der Waals surface area contributed by atoms with E-state index < -0.39 is 10.0 Å². The summed E-state index contributed by atoms with van der Waals surface area (Å²) in [6.07, 6.45) is 2.24. The Morgan fingerprint density at radius 2 is 1.79 bits per heavy atom. The van der Waals surface area contributed by atoms with E-state index in [4.69, 9.17) is 5.73 Å². The number of carbonyl (C=O) groups excluding carboxylic acids is 1. The zero-order chi connectivity index (χ0) is 19.6. The third-order valence-electron chi connectivity index (χ3n) is 5.00. The van der Waals surface area contributed by atoms with E-state index in [1.807, 2.05) is 19.9 Å². The molecule has 1 saturated carbocycles. The summed E-state index contributed by atoms with van der Waals surface area (Å²) in [7, 11) is -3.73. The lowest BCUT2D eigenvalue weighted by molar-refractivity contribution is 0.0950. The maximum Gasteiger partial charge on any atom is 0.261 e. The molecule has 1 amide bonds. The monoisotopic (exact) mass is 423 g/mol. The van der Waals surface area contributed by atoms with Crippen LogP contribution in [0.2, 0.25) is 0 Å². The Labute approximate surface area is 172 Å². The first-order valence-electron chi connectivity index (χ1n) is 9.01. The lowest BCUT2D eigenvalue weighted by Crippen LogP contribution is -2.38. The predicted octanol–water partition coefficient (Wildman–Crippen LogP) is 2.99. The Kier molecular flexibility index (Phi) is 7.09. The summed E-state index contributed by atoms with van der Waals surface area (Å²) in [5.41, 5.74) is 8.82. The molecule has 1 aliphatic carbocycles. The highest BCUT2D eigenvalue weighted by atomic mass is 35.5. The third kappa shape index (κ3) is 5.25. The molecule has 0 radical (unpaired) electrons. The second kappa shape index (κ2) is 8.94. The summed E-state index contributed by atoms with van der Waals surface area (Å²) in [6.45, 7) is 4.22. The molecule has 0 aromatic heterocycles. The zero-order valence-corrected chi connectivity index (χ0v) is 17.6. The van der Waals surface area contributed by atoms with Crippen LogP contribution in [0.3, 0.4) is 0 Å². The van der Waals surface area contributed by atoms with Gasteiger partial charge in [-0.3, -0.25) is 9.52 Å². The molecule has 1 fully saturated rings. The van der Waals surface area contributed by atoms with E-state index in [2.05, 4.69) is 10.0 Å². The number of hydrogen-bond donors (Lipinski definition) is 3. The summed E-state index contributed by atoms with van der Waals surface area (Å²) in [5.74, 6) is 0.256. The number of amides is 1. The Bertz CT molecular complexity index is 942. The average Bonchev–Trinajstić information content (AvgIpc) is 3.48. The quantitative estimate of drug-likeness (QED) is 0.637.